The van der Waals surface area contributed by atoms with E-state index in [2.05, 4.69) is 22.3 Å². The smallest absolute Gasteiger partial charge is 0.251 e. The summed E-state index contributed by atoms with van der Waals surface area (Å²) < 4.78 is 19.0. The van der Waals surface area contributed by atoms with E-state index in [9.17, 15) is 9.18 Å². The highest BCUT2D eigenvalue weighted by Crippen LogP contribution is 2.31. The molecule has 4 rings (SSSR count). The summed E-state index contributed by atoms with van der Waals surface area (Å²) in [7, 11) is 1.58. The summed E-state index contributed by atoms with van der Waals surface area (Å²) >= 11 is 5.98. The van der Waals surface area contributed by atoms with Crippen molar-refractivity contribution in [2.75, 3.05) is 20.2 Å². The third-order valence-electron chi connectivity index (χ3n) is 5.53. The van der Waals surface area contributed by atoms with Crippen LogP contribution in [-0.4, -0.2) is 37.0 Å². The molecule has 1 saturated heterocycles. The van der Waals surface area contributed by atoms with Crippen molar-refractivity contribution in [3.8, 4) is 16.9 Å². The molecular formula is C25H24ClFN2O2. The summed E-state index contributed by atoms with van der Waals surface area (Å²) in [5.41, 5.74) is 3.39. The molecule has 1 unspecified atom stereocenters. The van der Waals surface area contributed by atoms with E-state index in [1.807, 2.05) is 12.1 Å². The first-order valence-corrected chi connectivity index (χ1v) is 10.6. The molecule has 1 N–H and O–H groups in total. The van der Waals surface area contributed by atoms with Crippen molar-refractivity contribution in [3.63, 3.8) is 0 Å². The van der Waals surface area contributed by atoms with Crippen LogP contribution >= 0.6 is 11.6 Å². The fourth-order valence-electron chi connectivity index (χ4n) is 3.95. The third kappa shape index (κ3) is 5.24. The molecule has 4 nitrogen and oxygen atoms in total. The van der Waals surface area contributed by atoms with E-state index < -0.39 is 0 Å². The van der Waals surface area contributed by atoms with E-state index in [0.29, 0.717) is 16.3 Å². The lowest BCUT2D eigenvalue weighted by Crippen LogP contribution is -2.36. The zero-order valence-corrected chi connectivity index (χ0v) is 18.0. The molecule has 1 fully saturated rings. The van der Waals surface area contributed by atoms with Crippen LogP contribution in [0, 0.1) is 5.82 Å². The van der Waals surface area contributed by atoms with Gasteiger partial charge in [-0.3, -0.25) is 9.69 Å². The number of ether oxygens (including phenoxy) is 1. The van der Waals surface area contributed by atoms with Gasteiger partial charge in [0.1, 0.15) is 11.6 Å². The maximum Gasteiger partial charge on any atom is 0.251 e. The molecule has 31 heavy (non-hydrogen) atoms. The average Bonchev–Trinajstić information content (AvgIpc) is 3.21. The Morgan fingerprint density at radius 1 is 1.16 bits per heavy atom. The lowest BCUT2D eigenvalue weighted by atomic mass is 10.0. The van der Waals surface area contributed by atoms with E-state index in [1.165, 1.54) is 17.7 Å². The lowest BCUT2D eigenvalue weighted by molar-refractivity contribution is 0.0937. The molecule has 1 amide bonds. The van der Waals surface area contributed by atoms with Gasteiger partial charge in [-0.25, -0.2) is 4.39 Å². The lowest BCUT2D eigenvalue weighted by Gasteiger charge is -2.17. The fraction of sp³-hybridized carbons (Fsp3) is 0.240. The van der Waals surface area contributed by atoms with E-state index >= 15 is 0 Å². The van der Waals surface area contributed by atoms with Crippen LogP contribution in [0.25, 0.3) is 11.1 Å². The number of amides is 1. The summed E-state index contributed by atoms with van der Waals surface area (Å²) in [6.07, 6.45) is 0.908. The van der Waals surface area contributed by atoms with Crippen molar-refractivity contribution in [2.45, 2.75) is 19.0 Å². The molecule has 0 aliphatic carbocycles. The molecule has 0 radical (unpaired) electrons. The molecule has 0 spiro atoms. The zero-order valence-electron chi connectivity index (χ0n) is 17.3. The molecular weight excluding hydrogens is 415 g/mol. The summed E-state index contributed by atoms with van der Waals surface area (Å²) in [5.74, 6) is 0.262. The van der Waals surface area contributed by atoms with Gasteiger partial charge in [0.15, 0.2) is 0 Å². The quantitative estimate of drug-likeness (QED) is 0.578. The van der Waals surface area contributed by atoms with Crippen molar-refractivity contribution >= 4 is 17.5 Å². The van der Waals surface area contributed by atoms with Crippen molar-refractivity contribution in [1.82, 2.24) is 10.2 Å². The van der Waals surface area contributed by atoms with Gasteiger partial charge in [-0.2, -0.15) is 0 Å². The van der Waals surface area contributed by atoms with Crippen LogP contribution in [0.15, 0.2) is 66.7 Å². The second-order valence-corrected chi connectivity index (χ2v) is 8.18. The normalized spacial score (nSPS) is 16.3. The first-order chi connectivity index (χ1) is 15.0. The molecule has 3 aromatic carbocycles. The largest absolute Gasteiger partial charge is 0.496 e. The molecule has 1 heterocycles. The van der Waals surface area contributed by atoms with Crippen LogP contribution < -0.4 is 10.1 Å². The van der Waals surface area contributed by atoms with Crippen LogP contribution in [-0.2, 0) is 6.54 Å². The maximum absolute atomic E-state index is 13.7. The number of hydrogen-bond donors (Lipinski definition) is 1. The number of carbonyl (C=O) groups is 1. The van der Waals surface area contributed by atoms with Gasteiger partial charge in [-0.15, -0.1) is 0 Å². The molecule has 0 aromatic heterocycles. The number of carbonyl (C=O) groups excluding carboxylic acids is 1. The van der Waals surface area contributed by atoms with Crippen molar-refractivity contribution < 1.29 is 13.9 Å². The Morgan fingerprint density at radius 2 is 1.97 bits per heavy atom. The van der Waals surface area contributed by atoms with Gasteiger partial charge in [0, 0.05) is 41.8 Å². The van der Waals surface area contributed by atoms with Crippen LogP contribution in [0.4, 0.5) is 4.39 Å². The number of nitrogens with one attached hydrogen (secondary N) is 1. The highest BCUT2D eigenvalue weighted by Gasteiger charge is 2.24. The van der Waals surface area contributed by atoms with E-state index in [-0.39, 0.29) is 17.8 Å². The maximum atomic E-state index is 13.7. The zero-order chi connectivity index (χ0) is 21.8. The second kappa shape index (κ2) is 9.50. The molecule has 0 bridgehead atoms. The topological polar surface area (TPSA) is 41.6 Å². The van der Waals surface area contributed by atoms with Gasteiger partial charge in [0.2, 0.25) is 0 Å². The van der Waals surface area contributed by atoms with Gasteiger partial charge >= 0.3 is 0 Å². The van der Waals surface area contributed by atoms with E-state index in [1.54, 1.807) is 37.4 Å². The van der Waals surface area contributed by atoms with Gasteiger partial charge < -0.3 is 10.1 Å². The Labute approximate surface area is 186 Å². The first-order valence-electron chi connectivity index (χ1n) is 10.2. The number of halogens is 2. The molecule has 1 aliphatic heterocycles. The highest BCUT2D eigenvalue weighted by atomic mass is 35.5. The monoisotopic (exact) mass is 438 g/mol. The molecule has 1 atom stereocenters. The Morgan fingerprint density at radius 3 is 2.71 bits per heavy atom. The Bertz CT molecular complexity index is 1070. The summed E-state index contributed by atoms with van der Waals surface area (Å²) in [5, 5.41) is 3.65. The summed E-state index contributed by atoms with van der Waals surface area (Å²) in [6.45, 7) is 2.51. The average molecular weight is 439 g/mol. The number of nitrogens with zero attached hydrogens (tertiary/aromatic N) is 1. The summed E-state index contributed by atoms with van der Waals surface area (Å²) in [4.78, 5) is 14.8. The molecule has 1 aliphatic rings. The predicted molar refractivity (Wildman–Crippen MR) is 121 cm³/mol. The Kier molecular flexibility index (Phi) is 6.54. The van der Waals surface area contributed by atoms with Gasteiger partial charge in [-0.1, -0.05) is 41.9 Å². The fourth-order valence-corrected chi connectivity index (χ4v) is 4.14. The highest BCUT2D eigenvalue weighted by molar-refractivity contribution is 6.30. The van der Waals surface area contributed by atoms with Gasteiger partial charge in [-0.05, 0) is 53.9 Å². The van der Waals surface area contributed by atoms with Crippen LogP contribution in [0.3, 0.4) is 0 Å². The van der Waals surface area contributed by atoms with E-state index in [4.69, 9.17) is 16.3 Å². The van der Waals surface area contributed by atoms with Crippen LogP contribution in [0.1, 0.15) is 22.3 Å². The van der Waals surface area contributed by atoms with Crippen molar-refractivity contribution in [1.29, 1.82) is 0 Å². The molecule has 160 valence electrons. The van der Waals surface area contributed by atoms with Crippen molar-refractivity contribution in [3.05, 3.63) is 88.7 Å². The molecule has 6 heteroatoms. The minimum absolute atomic E-state index is 0.0947. The minimum atomic E-state index is -0.289. The van der Waals surface area contributed by atoms with Crippen LogP contribution in [0.2, 0.25) is 5.02 Å². The van der Waals surface area contributed by atoms with E-state index in [0.717, 1.165) is 37.2 Å². The summed E-state index contributed by atoms with van der Waals surface area (Å²) in [6, 6.07) is 19.7. The van der Waals surface area contributed by atoms with Gasteiger partial charge in [0.05, 0.1) is 7.11 Å². The second-order valence-electron chi connectivity index (χ2n) is 7.75. The van der Waals surface area contributed by atoms with Crippen LogP contribution in [0.5, 0.6) is 5.75 Å². The predicted octanol–water partition coefficient (Wildman–Crippen LogP) is 5.16. The number of likely N-dealkylation sites (tertiary alicyclic amines) is 1. The van der Waals surface area contributed by atoms with Gasteiger partial charge in [0.25, 0.3) is 5.91 Å². The van der Waals surface area contributed by atoms with Crippen molar-refractivity contribution in [2.24, 2.45) is 0 Å². The standard InChI is InChI=1S/C25H24ClFN2O2/c1-31-24-10-9-21(27)14-23(24)18-7-5-17(6-8-18)15-29-12-11-22(16-29)28-25(30)19-3-2-4-20(26)13-19/h2-10,13-14,22H,11-12,15-16H2,1H3,(H,28,30). The molecule has 0 saturated carbocycles. The number of hydrogen-bond acceptors (Lipinski definition) is 3. The number of methoxy groups -OCH3 is 1. The SMILES string of the molecule is COc1ccc(F)cc1-c1ccc(CN2CCC(NC(=O)c3cccc(Cl)c3)C2)cc1. The number of benzene rings is 3. The third-order valence-corrected chi connectivity index (χ3v) is 5.76. The number of rotatable bonds is 6. The molecule has 3 aromatic rings. The Balaban J connectivity index is 1.35. The minimum Gasteiger partial charge on any atom is -0.496 e. The Hall–Kier alpha value is -2.89. The first kappa shape index (κ1) is 21.3.